The maximum Gasteiger partial charge on any atom is 0.293 e. The monoisotopic (exact) mass is 948 g/mol. The number of benzene rings is 3. The highest BCUT2D eigenvalue weighted by Gasteiger charge is 2.40. The Morgan fingerprint density at radius 1 is 0.970 bits per heavy atom. The van der Waals surface area contributed by atoms with E-state index in [0.717, 1.165) is 87.0 Å². The lowest BCUT2D eigenvalue weighted by molar-refractivity contribution is -0.384. The number of likely N-dealkylation sites (tertiary alicyclic amines) is 1. The zero-order valence-corrected chi connectivity index (χ0v) is 39.2. The second-order valence-corrected chi connectivity index (χ2v) is 21.5. The number of anilines is 2. The number of nitro benzene ring substituents is 1. The van der Waals surface area contributed by atoms with Crippen molar-refractivity contribution in [3.8, 4) is 5.69 Å². The molecular weight excluding hydrogens is 895 g/mol. The number of piperidine rings is 1. The Hall–Kier alpha value is -5.88. The summed E-state index contributed by atoms with van der Waals surface area (Å²) >= 11 is 6.26. The number of carbonyl (C=O) groups excluding carboxylic acids is 1. The van der Waals surface area contributed by atoms with Crippen molar-refractivity contribution < 1.29 is 22.5 Å². The van der Waals surface area contributed by atoms with E-state index in [2.05, 4.69) is 65.8 Å². The molecule has 5 heterocycles. The molecule has 4 aliphatic rings. The van der Waals surface area contributed by atoms with Crippen LogP contribution in [0.2, 0.25) is 5.02 Å². The topological polar surface area (TPSA) is 175 Å². The lowest BCUT2D eigenvalue weighted by atomic mass is 9.72. The highest BCUT2D eigenvalue weighted by atomic mass is 35.5. The van der Waals surface area contributed by atoms with Crippen molar-refractivity contribution in [2.45, 2.75) is 75.4 Å². The highest BCUT2D eigenvalue weighted by molar-refractivity contribution is 7.90. The molecule has 0 atom stereocenters. The fourth-order valence-electron chi connectivity index (χ4n) is 9.98. The summed E-state index contributed by atoms with van der Waals surface area (Å²) in [6.07, 6.45) is 9.41. The lowest BCUT2D eigenvalue weighted by Crippen LogP contribution is -2.47. The molecular formula is C49H54ClFN10O5S. The smallest absolute Gasteiger partial charge is 0.293 e. The first-order chi connectivity index (χ1) is 32.1. The average Bonchev–Trinajstić information content (AvgIpc) is 3.92. The third-order valence-corrected chi connectivity index (χ3v) is 15.7. The number of alkyl halides is 1. The van der Waals surface area contributed by atoms with Crippen molar-refractivity contribution >= 4 is 72.2 Å². The number of nitrogens with one attached hydrogen (secondary N) is 3. The highest BCUT2D eigenvalue weighted by Crippen LogP contribution is 2.44. The minimum atomic E-state index is -4.64. The van der Waals surface area contributed by atoms with Crippen molar-refractivity contribution in [1.29, 1.82) is 0 Å². The molecule has 10 rings (SSSR count). The number of nitrogens with zero attached hydrogens (tertiary/aromatic N) is 7. The van der Waals surface area contributed by atoms with E-state index in [4.69, 9.17) is 11.6 Å². The minimum absolute atomic E-state index is 0.00815. The van der Waals surface area contributed by atoms with Crippen molar-refractivity contribution in [3.63, 3.8) is 0 Å². The first-order valence-electron chi connectivity index (χ1n) is 23.0. The van der Waals surface area contributed by atoms with Gasteiger partial charge in [0, 0.05) is 93.0 Å². The van der Waals surface area contributed by atoms with E-state index < -0.39 is 37.1 Å². The van der Waals surface area contributed by atoms with E-state index in [1.165, 1.54) is 28.8 Å². The zero-order valence-electron chi connectivity index (χ0n) is 37.6. The number of halogens is 2. The SMILES string of the molecule is CC1(C)CCC(CN2CCN(c3ccc(C(=O)NS(=O)(=O)c4ccc(NCC5(F)CCN(C6CC6)CC5)c([N+](=O)[O-])c4)c(-n4[nH]cc5nc6nccc6cc54)c3)CC2)=C(c2ccc(Cl)cc2)C1. The molecule has 3 fully saturated rings. The van der Waals surface area contributed by atoms with Gasteiger partial charge in [0.2, 0.25) is 0 Å². The third kappa shape index (κ3) is 9.51. The summed E-state index contributed by atoms with van der Waals surface area (Å²) in [5.74, 6) is -0.937. The summed E-state index contributed by atoms with van der Waals surface area (Å²) < 4.78 is 47.5. The van der Waals surface area contributed by atoms with Gasteiger partial charge in [0.1, 0.15) is 16.9 Å². The quantitative estimate of drug-likeness (QED) is 0.0746. The summed E-state index contributed by atoms with van der Waals surface area (Å²) in [5, 5.41) is 19.9. The molecule has 3 aromatic heterocycles. The van der Waals surface area contributed by atoms with Crippen molar-refractivity contribution in [2.24, 2.45) is 5.41 Å². The number of sulfonamides is 1. The van der Waals surface area contributed by atoms with Gasteiger partial charge >= 0.3 is 0 Å². The summed E-state index contributed by atoms with van der Waals surface area (Å²) in [7, 11) is -4.64. The molecule has 0 unspecified atom stereocenters. The maximum atomic E-state index is 15.8. The van der Waals surface area contributed by atoms with Gasteiger partial charge in [-0.1, -0.05) is 43.2 Å². The Morgan fingerprint density at radius 3 is 2.46 bits per heavy atom. The second-order valence-electron chi connectivity index (χ2n) is 19.4. The van der Waals surface area contributed by atoms with Crippen molar-refractivity contribution in [2.75, 3.05) is 62.6 Å². The number of fused-ring (bicyclic) bond motifs is 2. The number of hydrogen-bond donors (Lipinski definition) is 3. The largest absolute Gasteiger partial charge is 0.376 e. The second kappa shape index (κ2) is 17.6. The molecule has 15 nitrogen and oxygen atoms in total. The van der Waals surface area contributed by atoms with Crippen molar-refractivity contribution in [1.82, 2.24) is 34.3 Å². The van der Waals surface area contributed by atoms with Crippen molar-refractivity contribution in [3.05, 3.63) is 117 Å². The number of aromatic amines is 1. The maximum absolute atomic E-state index is 15.8. The van der Waals surface area contributed by atoms with E-state index in [1.54, 1.807) is 23.1 Å². The molecule has 1 amide bonds. The average molecular weight is 950 g/mol. The van der Waals surface area contributed by atoms with E-state index in [-0.39, 0.29) is 23.2 Å². The molecule has 6 aromatic rings. The Labute approximate surface area is 393 Å². The molecule has 0 spiro atoms. The van der Waals surface area contributed by atoms with Gasteiger partial charge in [-0.05, 0) is 116 Å². The van der Waals surface area contributed by atoms with Crippen LogP contribution in [-0.2, 0) is 10.0 Å². The summed E-state index contributed by atoms with van der Waals surface area (Å²) in [6, 6.07) is 21.0. The van der Waals surface area contributed by atoms with Crippen LogP contribution < -0.4 is 14.9 Å². The molecule has 2 saturated heterocycles. The van der Waals surface area contributed by atoms with Gasteiger partial charge in [0.25, 0.3) is 21.6 Å². The Morgan fingerprint density at radius 2 is 1.73 bits per heavy atom. The molecule has 18 heteroatoms. The number of rotatable bonds is 13. The van der Waals surface area contributed by atoms with Gasteiger partial charge in [0.15, 0.2) is 5.65 Å². The summed E-state index contributed by atoms with van der Waals surface area (Å²) in [6.45, 7) is 9.72. The van der Waals surface area contributed by atoms with Crippen LogP contribution in [0, 0.1) is 15.5 Å². The first-order valence-corrected chi connectivity index (χ1v) is 24.9. The number of hydrogen-bond acceptors (Lipinski definition) is 11. The third-order valence-electron chi connectivity index (χ3n) is 14.1. The molecule has 2 aliphatic carbocycles. The number of H-pyrrole nitrogens is 1. The Kier molecular flexibility index (Phi) is 11.8. The first kappa shape index (κ1) is 44.9. The normalized spacial score (nSPS) is 19.3. The predicted molar refractivity (Wildman–Crippen MR) is 259 cm³/mol. The van der Waals surface area contributed by atoms with E-state index in [1.807, 2.05) is 36.4 Å². The molecule has 3 aromatic carbocycles. The van der Waals surface area contributed by atoms with Gasteiger partial charge in [-0.3, -0.25) is 29.6 Å². The molecule has 0 bridgehead atoms. The number of allylic oxidation sites excluding steroid dienone is 1. The van der Waals surface area contributed by atoms with Crippen LogP contribution >= 0.6 is 11.6 Å². The summed E-state index contributed by atoms with van der Waals surface area (Å²) in [5.41, 5.74) is 5.25. The minimum Gasteiger partial charge on any atom is -0.376 e. The van der Waals surface area contributed by atoms with Crippen LogP contribution in [0.15, 0.2) is 95.7 Å². The van der Waals surface area contributed by atoms with Crippen LogP contribution in [0.3, 0.4) is 0 Å². The van der Waals surface area contributed by atoms with Crippen LogP contribution in [0.25, 0.3) is 33.3 Å². The van der Waals surface area contributed by atoms with Crippen LogP contribution in [0.5, 0.6) is 0 Å². The zero-order chi connectivity index (χ0) is 46.7. The Bertz CT molecular complexity index is 3020. The number of nitro groups is 1. The molecule has 2 aliphatic heterocycles. The van der Waals surface area contributed by atoms with Gasteiger partial charge in [-0.15, -0.1) is 0 Å². The molecule has 0 radical (unpaired) electrons. The van der Waals surface area contributed by atoms with Gasteiger partial charge in [-0.25, -0.2) is 27.5 Å². The standard InChI is InChI=1S/C49H54ClFN10O5S/c1-48(2)15-13-34(40(28-48)32-3-5-35(50)6-4-32)30-57-21-23-59(24-22-57)37-9-11-39(43(26-37)60-44-25-33-14-18-52-46(33)55-42(44)29-54-60)47(62)56-67(65,66)38-10-12-41(45(27-38)61(63)64)53-31-49(51)16-19-58(20-17-49)36-7-8-36/h3-6,9-12,14,18,25-27,29,36,53-54H,7-8,13,15-17,19-24,28,30-31H2,1-2H3,(H,56,62). The van der Waals surface area contributed by atoms with Crippen LogP contribution in [-0.4, -0.2) is 113 Å². The van der Waals surface area contributed by atoms with Crippen LogP contribution in [0.4, 0.5) is 21.5 Å². The molecule has 350 valence electrons. The Balaban J connectivity index is 0.891. The van der Waals surface area contributed by atoms with Crippen LogP contribution in [0.1, 0.15) is 74.7 Å². The summed E-state index contributed by atoms with van der Waals surface area (Å²) in [4.78, 5) is 41.4. The fraction of sp³-hybridized carbons (Fsp3) is 0.408. The van der Waals surface area contributed by atoms with Gasteiger partial charge < -0.3 is 15.1 Å². The van der Waals surface area contributed by atoms with Gasteiger partial charge in [-0.2, -0.15) is 0 Å². The number of piperazine rings is 1. The fourth-order valence-corrected chi connectivity index (χ4v) is 11.1. The van der Waals surface area contributed by atoms with Gasteiger partial charge in [0.05, 0.1) is 26.6 Å². The number of aromatic nitrogens is 4. The molecule has 3 N–H and O–H groups in total. The number of carbonyl (C=O) groups is 1. The lowest BCUT2D eigenvalue weighted by Gasteiger charge is -2.39. The van der Waals surface area contributed by atoms with E-state index in [0.29, 0.717) is 54.3 Å². The number of pyridine rings is 1. The predicted octanol–water partition coefficient (Wildman–Crippen LogP) is 8.75. The molecule has 67 heavy (non-hydrogen) atoms. The number of amides is 1. The van der Waals surface area contributed by atoms with E-state index in [9.17, 15) is 23.3 Å². The molecule has 1 saturated carbocycles. The van der Waals surface area contributed by atoms with E-state index >= 15 is 4.39 Å².